The summed E-state index contributed by atoms with van der Waals surface area (Å²) in [5.41, 5.74) is 2.09. The molecule has 1 aliphatic rings. The number of urea groups is 1. The number of benzene rings is 1. The highest BCUT2D eigenvalue weighted by molar-refractivity contribution is 5.89. The van der Waals surface area contributed by atoms with Crippen molar-refractivity contribution in [1.29, 1.82) is 0 Å². The molecule has 1 aliphatic carbocycles. The molecule has 26 heavy (non-hydrogen) atoms. The smallest absolute Gasteiger partial charge is 0.319 e. The van der Waals surface area contributed by atoms with Crippen LogP contribution in [0, 0.1) is 0 Å². The maximum Gasteiger partial charge on any atom is 0.319 e. The average Bonchev–Trinajstić information content (AvgIpc) is 3.09. The van der Waals surface area contributed by atoms with Crippen molar-refractivity contribution in [2.75, 3.05) is 5.32 Å². The Balaban J connectivity index is 1.54. The van der Waals surface area contributed by atoms with Crippen molar-refractivity contribution >= 4 is 11.7 Å². The van der Waals surface area contributed by atoms with Crippen molar-refractivity contribution in [3.8, 4) is 0 Å². The van der Waals surface area contributed by atoms with Crippen LogP contribution in [0.5, 0.6) is 0 Å². The zero-order valence-corrected chi connectivity index (χ0v) is 15.8. The van der Waals surface area contributed by atoms with Gasteiger partial charge < -0.3 is 10.6 Å². The number of rotatable bonds is 4. The number of tetrazole rings is 1. The number of carbonyl (C=O) groups is 1. The Morgan fingerprint density at radius 2 is 1.85 bits per heavy atom. The van der Waals surface area contributed by atoms with Crippen LogP contribution >= 0.6 is 0 Å². The summed E-state index contributed by atoms with van der Waals surface area (Å²) in [7, 11) is 0. The predicted octanol–water partition coefficient (Wildman–Crippen LogP) is 3.80. The minimum absolute atomic E-state index is 0.0942. The number of anilines is 1. The van der Waals surface area contributed by atoms with Crippen molar-refractivity contribution in [2.24, 2.45) is 0 Å². The molecule has 0 radical (unpaired) electrons. The lowest BCUT2D eigenvalue weighted by molar-refractivity contribution is 0.250. The van der Waals surface area contributed by atoms with E-state index in [4.69, 9.17) is 0 Å². The lowest BCUT2D eigenvalue weighted by Gasteiger charge is -2.22. The third kappa shape index (κ3) is 4.59. The van der Waals surface area contributed by atoms with E-state index in [0.29, 0.717) is 18.4 Å². The SMILES string of the molecule is CC(C)(C)c1ccc(NC(=O)NCc2nnnn2C2CCCCC2)cc1. The Labute approximate surface area is 154 Å². The molecule has 2 amide bonds. The minimum Gasteiger partial charge on any atom is -0.331 e. The summed E-state index contributed by atoms with van der Waals surface area (Å²) in [5, 5.41) is 17.7. The molecule has 0 atom stereocenters. The molecule has 7 heteroatoms. The molecule has 1 saturated carbocycles. The van der Waals surface area contributed by atoms with Gasteiger partial charge in [-0.3, -0.25) is 0 Å². The van der Waals surface area contributed by atoms with E-state index in [-0.39, 0.29) is 11.4 Å². The fourth-order valence-corrected chi connectivity index (χ4v) is 3.33. The van der Waals surface area contributed by atoms with E-state index in [2.05, 4.69) is 46.9 Å². The first-order valence-electron chi connectivity index (χ1n) is 9.35. The summed E-state index contributed by atoms with van der Waals surface area (Å²) in [4.78, 5) is 12.2. The second-order valence-electron chi connectivity index (χ2n) is 7.97. The minimum atomic E-state index is -0.258. The third-order valence-electron chi connectivity index (χ3n) is 4.90. The molecule has 0 aliphatic heterocycles. The first-order chi connectivity index (χ1) is 12.4. The third-order valence-corrected chi connectivity index (χ3v) is 4.90. The van der Waals surface area contributed by atoms with E-state index in [1.54, 1.807) is 0 Å². The molecule has 140 valence electrons. The van der Waals surface area contributed by atoms with Crippen LogP contribution in [0.4, 0.5) is 10.5 Å². The van der Waals surface area contributed by atoms with Gasteiger partial charge in [-0.1, -0.05) is 52.2 Å². The zero-order chi connectivity index (χ0) is 18.6. The van der Waals surface area contributed by atoms with Gasteiger partial charge in [-0.25, -0.2) is 9.48 Å². The first-order valence-corrected chi connectivity index (χ1v) is 9.35. The fourth-order valence-electron chi connectivity index (χ4n) is 3.33. The van der Waals surface area contributed by atoms with Gasteiger partial charge in [-0.05, 0) is 46.4 Å². The monoisotopic (exact) mass is 356 g/mol. The number of hydrogen-bond donors (Lipinski definition) is 2. The summed E-state index contributed by atoms with van der Waals surface area (Å²) in [6, 6.07) is 8.02. The summed E-state index contributed by atoms with van der Waals surface area (Å²) in [6.07, 6.45) is 5.90. The van der Waals surface area contributed by atoms with Crippen LogP contribution in [0.25, 0.3) is 0 Å². The fraction of sp³-hybridized carbons (Fsp3) is 0.579. The van der Waals surface area contributed by atoms with E-state index in [9.17, 15) is 4.79 Å². The Morgan fingerprint density at radius 3 is 2.50 bits per heavy atom. The van der Waals surface area contributed by atoms with Gasteiger partial charge in [0.1, 0.15) is 0 Å². The van der Waals surface area contributed by atoms with Crippen LogP contribution in [0.1, 0.15) is 70.3 Å². The van der Waals surface area contributed by atoms with E-state index in [1.807, 2.05) is 28.9 Å². The number of amides is 2. The van der Waals surface area contributed by atoms with Crippen LogP contribution in [-0.4, -0.2) is 26.2 Å². The van der Waals surface area contributed by atoms with Gasteiger partial charge >= 0.3 is 6.03 Å². The molecule has 7 nitrogen and oxygen atoms in total. The second kappa shape index (κ2) is 7.85. The van der Waals surface area contributed by atoms with Crippen molar-refractivity contribution in [3.63, 3.8) is 0 Å². The molecule has 1 aromatic heterocycles. The number of carbonyl (C=O) groups excluding carboxylic acids is 1. The number of nitrogens with one attached hydrogen (secondary N) is 2. The van der Waals surface area contributed by atoms with Crippen molar-refractivity contribution in [1.82, 2.24) is 25.5 Å². The van der Waals surface area contributed by atoms with Crippen molar-refractivity contribution in [3.05, 3.63) is 35.7 Å². The number of nitrogens with zero attached hydrogens (tertiary/aromatic N) is 4. The molecule has 0 spiro atoms. The van der Waals surface area contributed by atoms with Gasteiger partial charge in [-0.15, -0.1) is 5.10 Å². The summed E-state index contributed by atoms with van der Waals surface area (Å²) in [5.74, 6) is 0.704. The summed E-state index contributed by atoms with van der Waals surface area (Å²) < 4.78 is 1.87. The van der Waals surface area contributed by atoms with E-state index < -0.39 is 0 Å². The van der Waals surface area contributed by atoms with E-state index in [0.717, 1.165) is 18.5 Å². The van der Waals surface area contributed by atoms with E-state index in [1.165, 1.54) is 24.8 Å². The highest BCUT2D eigenvalue weighted by Crippen LogP contribution is 2.27. The standard InChI is InChI=1S/C19H28N6O/c1-19(2,3)14-9-11-15(12-10-14)21-18(26)20-13-17-22-23-24-25(17)16-7-5-4-6-8-16/h9-12,16H,4-8,13H2,1-3H3,(H2,20,21,26). The van der Waals surface area contributed by atoms with Crippen molar-refractivity contribution in [2.45, 2.75) is 70.9 Å². The molecule has 3 rings (SSSR count). The zero-order valence-electron chi connectivity index (χ0n) is 15.8. The van der Waals surface area contributed by atoms with Crippen molar-refractivity contribution < 1.29 is 4.79 Å². The molecular formula is C19H28N6O. The quantitative estimate of drug-likeness (QED) is 0.873. The Kier molecular flexibility index (Phi) is 5.54. The Hall–Kier alpha value is -2.44. The maximum atomic E-state index is 12.2. The molecule has 1 heterocycles. The maximum absolute atomic E-state index is 12.2. The van der Waals surface area contributed by atoms with Gasteiger partial charge in [0.2, 0.25) is 0 Å². The average molecular weight is 356 g/mol. The van der Waals surface area contributed by atoms with Crippen LogP contribution < -0.4 is 10.6 Å². The molecule has 0 saturated heterocycles. The van der Waals surface area contributed by atoms with Gasteiger partial charge in [0.15, 0.2) is 5.82 Å². The molecule has 1 aromatic carbocycles. The largest absolute Gasteiger partial charge is 0.331 e. The molecule has 0 bridgehead atoms. The lowest BCUT2D eigenvalue weighted by atomic mass is 9.87. The first kappa shape index (κ1) is 18.4. The molecule has 2 aromatic rings. The summed E-state index contributed by atoms with van der Waals surface area (Å²) in [6.45, 7) is 6.81. The normalized spacial score (nSPS) is 15.7. The number of aromatic nitrogens is 4. The van der Waals surface area contributed by atoms with Gasteiger partial charge in [0, 0.05) is 5.69 Å². The van der Waals surface area contributed by atoms with E-state index >= 15 is 0 Å². The van der Waals surface area contributed by atoms with Crippen LogP contribution in [0.15, 0.2) is 24.3 Å². The highest BCUT2D eigenvalue weighted by Gasteiger charge is 2.20. The summed E-state index contributed by atoms with van der Waals surface area (Å²) >= 11 is 0. The van der Waals surface area contributed by atoms with Gasteiger partial charge in [0.25, 0.3) is 0 Å². The topological polar surface area (TPSA) is 84.7 Å². The van der Waals surface area contributed by atoms with Crippen LogP contribution in [0.3, 0.4) is 0 Å². The molecular weight excluding hydrogens is 328 g/mol. The Bertz CT molecular complexity index is 725. The number of hydrogen-bond acceptors (Lipinski definition) is 4. The highest BCUT2D eigenvalue weighted by atomic mass is 16.2. The van der Waals surface area contributed by atoms with Gasteiger partial charge in [-0.2, -0.15) is 0 Å². The second-order valence-corrected chi connectivity index (χ2v) is 7.97. The van der Waals surface area contributed by atoms with Crippen LogP contribution in [-0.2, 0) is 12.0 Å². The lowest BCUT2D eigenvalue weighted by Crippen LogP contribution is -2.30. The predicted molar refractivity (Wildman–Crippen MR) is 101 cm³/mol. The Morgan fingerprint density at radius 1 is 1.15 bits per heavy atom. The molecule has 0 unspecified atom stereocenters. The van der Waals surface area contributed by atoms with Gasteiger partial charge in [0.05, 0.1) is 12.6 Å². The molecule has 2 N–H and O–H groups in total. The van der Waals surface area contributed by atoms with Crippen LogP contribution in [0.2, 0.25) is 0 Å². The molecule has 1 fully saturated rings.